The average Bonchev–Trinajstić information content (AvgIpc) is 2.79. The first-order chi connectivity index (χ1) is 15.4. The predicted octanol–water partition coefficient (Wildman–Crippen LogP) is 3.79. The van der Waals surface area contributed by atoms with Gasteiger partial charge in [-0.25, -0.2) is 4.39 Å². The SMILES string of the molecule is CN(C)C(=O)[C@@]1(Cc2cccc(-c3cccnc3)c2)CN(Cc2cccc(F)c2)CCO1. The van der Waals surface area contributed by atoms with Crippen LogP contribution in [0.15, 0.2) is 73.1 Å². The fourth-order valence-corrected chi connectivity index (χ4v) is 4.33. The van der Waals surface area contributed by atoms with Gasteiger partial charge in [0.05, 0.1) is 6.61 Å². The van der Waals surface area contributed by atoms with Gasteiger partial charge in [-0.3, -0.25) is 14.7 Å². The first-order valence-electron chi connectivity index (χ1n) is 10.8. The Kier molecular flexibility index (Phi) is 6.63. The Hall–Kier alpha value is -3.09. The van der Waals surface area contributed by atoms with Crippen molar-refractivity contribution < 1.29 is 13.9 Å². The summed E-state index contributed by atoms with van der Waals surface area (Å²) < 4.78 is 19.9. The van der Waals surface area contributed by atoms with Gasteiger partial charge in [0.1, 0.15) is 5.82 Å². The highest BCUT2D eigenvalue weighted by molar-refractivity contribution is 5.86. The summed E-state index contributed by atoms with van der Waals surface area (Å²) in [4.78, 5) is 21.3. The molecule has 0 saturated carbocycles. The number of amides is 1. The van der Waals surface area contributed by atoms with E-state index in [9.17, 15) is 9.18 Å². The third kappa shape index (κ3) is 5.03. The van der Waals surface area contributed by atoms with E-state index in [1.54, 1.807) is 37.3 Å². The zero-order valence-electron chi connectivity index (χ0n) is 18.5. The quantitative estimate of drug-likeness (QED) is 0.593. The number of nitrogens with zero attached hydrogens (tertiary/aromatic N) is 3. The van der Waals surface area contributed by atoms with Crippen molar-refractivity contribution in [2.24, 2.45) is 0 Å². The number of likely N-dealkylation sites (N-methyl/N-ethyl adjacent to an activating group) is 1. The van der Waals surface area contributed by atoms with Gasteiger partial charge < -0.3 is 9.64 Å². The van der Waals surface area contributed by atoms with Gasteiger partial charge in [-0.05, 0) is 40.5 Å². The van der Waals surface area contributed by atoms with Crippen molar-refractivity contribution in [3.63, 3.8) is 0 Å². The van der Waals surface area contributed by atoms with Crippen LogP contribution in [0.1, 0.15) is 11.1 Å². The number of pyridine rings is 1. The average molecular weight is 434 g/mol. The lowest BCUT2D eigenvalue weighted by atomic mass is 9.89. The molecule has 32 heavy (non-hydrogen) atoms. The van der Waals surface area contributed by atoms with E-state index in [2.05, 4.69) is 16.0 Å². The smallest absolute Gasteiger partial charge is 0.255 e. The van der Waals surface area contributed by atoms with E-state index in [4.69, 9.17) is 4.74 Å². The monoisotopic (exact) mass is 433 g/mol. The Morgan fingerprint density at radius 2 is 1.88 bits per heavy atom. The van der Waals surface area contributed by atoms with Crippen LogP contribution in [0, 0.1) is 5.82 Å². The molecule has 1 aliphatic rings. The molecule has 1 aromatic heterocycles. The topological polar surface area (TPSA) is 45.7 Å². The van der Waals surface area contributed by atoms with Crippen molar-refractivity contribution in [2.75, 3.05) is 33.8 Å². The van der Waals surface area contributed by atoms with Crippen molar-refractivity contribution in [1.82, 2.24) is 14.8 Å². The summed E-state index contributed by atoms with van der Waals surface area (Å²) in [6, 6.07) is 18.7. The highest BCUT2D eigenvalue weighted by Gasteiger charge is 2.44. The van der Waals surface area contributed by atoms with Crippen LogP contribution in [0.25, 0.3) is 11.1 Å². The van der Waals surface area contributed by atoms with Crippen LogP contribution in [0.2, 0.25) is 0 Å². The van der Waals surface area contributed by atoms with E-state index >= 15 is 0 Å². The molecule has 2 heterocycles. The minimum atomic E-state index is -0.997. The molecule has 1 saturated heterocycles. The van der Waals surface area contributed by atoms with Gasteiger partial charge >= 0.3 is 0 Å². The number of hydrogen-bond acceptors (Lipinski definition) is 4. The molecule has 2 aromatic carbocycles. The summed E-state index contributed by atoms with van der Waals surface area (Å²) in [5.41, 5.74) is 2.99. The zero-order valence-corrected chi connectivity index (χ0v) is 18.5. The lowest BCUT2D eigenvalue weighted by Crippen LogP contribution is -2.60. The molecule has 166 valence electrons. The van der Waals surface area contributed by atoms with Crippen LogP contribution in [0.5, 0.6) is 0 Å². The fraction of sp³-hybridized carbons (Fsp3) is 0.308. The van der Waals surface area contributed by atoms with Crippen LogP contribution in [0.3, 0.4) is 0 Å². The molecule has 1 fully saturated rings. The molecule has 0 aliphatic carbocycles. The van der Waals surface area contributed by atoms with Gasteiger partial charge in [0.15, 0.2) is 5.60 Å². The Morgan fingerprint density at radius 3 is 2.62 bits per heavy atom. The Labute approximate surface area is 188 Å². The number of carbonyl (C=O) groups excluding carboxylic acids is 1. The summed E-state index contributed by atoms with van der Waals surface area (Å²) >= 11 is 0. The summed E-state index contributed by atoms with van der Waals surface area (Å²) in [6.07, 6.45) is 4.04. The maximum atomic E-state index is 13.7. The molecule has 0 spiro atoms. The Morgan fingerprint density at radius 1 is 1.09 bits per heavy atom. The van der Waals surface area contributed by atoms with Crippen LogP contribution in [0.4, 0.5) is 4.39 Å². The number of aromatic nitrogens is 1. The van der Waals surface area contributed by atoms with Gasteiger partial charge in [0, 0.05) is 52.5 Å². The number of benzene rings is 2. The highest BCUT2D eigenvalue weighted by Crippen LogP contribution is 2.28. The zero-order chi connectivity index (χ0) is 22.6. The van der Waals surface area contributed by atoms with Crippen molar-refractivity contribution in [3.8, 4) is 11.1 Å². The minimum absolute atomic E-state index is 0.0618. The third-order valence-corrected chi connectivity index (χ3v) is 5.77. The lowest BCUT2D eigenvalue weighted by Gasteiger charge is -2.43. The number of hydrogen-bond donors (Lipinski definition) is 0. The number of rotatable bonds is 6. The summed E-state index contributed by atoms with van der Waals surface area (Å²) in [6.45, 7) is 2.14. The van der Waals surface area contributed by atoms with Gasteiger partial charge in [-0.1, -0.05) is 42.5 Å². The molecule has 0 N–H and O–H groups in total. The van der Waals surface area contributed by atoms with E-state index in [0.29, 0.717) is 32.7 Å². The molecule has 0 radical (unpaired) electrons. The molecule has 3 aromatic rings. The summed E-state index contributed by atoms with van der Waals surface area (Å²) in [5.74, 6) is -0.313. The molecule has 5 nitrogen and oxygen atoms in total. The van der Waals surface area contributed by atoms with Crippen LogP contribution in [-0.4, -0.2) is 60.1 Å². The van der Waals surface area contributed by atoms with Crippen LogP contribution in [-0.2, 0) is 22.5 Å². The molecule has 1 atom stereocenters. The second-order valence-electron chi connectivity index (χ2n) is 8.50. The molecular formula is C26H28FN3O2. The molecule has 1 aliphatic heterocycles. The predicted molar refractivity (Wildman–Crippen MR) is 122 cm³/mol. The molecular weight excluding hydrogens is 405 g/mol. The van der Waals surface area contributed by atoms with Crippen LogP contribution >= 0.6 is 0 Å². The largest absolute Gasteiger partial charge is 0.362 e. The molecule has 0 unspecified atom stereocenters. The fourth-order valence-electron chi connectivity index (χ4n) is 4.33. The highest BCUT2D eigenvalue weighted by atomic mass is 19.1. The van der Waals surface area contributed by atoms with E-state index in [1.807, 2.05) is 42.6 Å². The molecule has 6 heteroatoms. The molecule has 0 bridgehead atoms. The van der Waals surface area contributed by atoms with E-state index in [-0.39, 0.29) is 11.7 Å². The standard InChI is InChI=1S/C26H28FN3O2/c1-29(2)25(31)26(16-20-6-3-8-22(14-20)23-9-5-11-28-17-23)19-30(12-13-32-26)18-21-7-4-10-24(27)15-21/h3-11,14-15,17H,12-13,16,18-19H2,1-2H3/t26-/m1/s1. The third-order valence-electron chi connectivity index (χ3n) is 5.77. The van der Waals surface area contributed by atoms with Crippen molar-refractivity contribution in [3.05, 3.63) is 90.0 Å². The number of halogens is 1. The second-order valence-corrected chi connectivity index (χ2v) is 8.50. The summed E-state index contributed by atoms with van der Waals surface area (Å²) in [5, 5.41) is 0. The number of morpholine rings is 1. The maximum absolute atomic E-state index is 13.7. The van der Waals surface area contributed by atoms with Gasteiger partial charge in [0.2, 0.25) is 0 Å². The molecule has 4 rings (SSSR count). The van der Waals surface area contributed by atoms with Gasteiger partial charge in [-0.15, -0.1) is 0 Å². The van der Waals surface area contributed by atoms with Gasteiger partial charge in [-0.2, -0.15) is 0 Å². The van der Waals surface area contributed by atoms with Gasteiger partial charge in [0.25, 0.3) is 5.91 Å². The van der Waals surface area contributed by atoms with E-state index in [0.717, 1.165) is 22.3 Å². The van der Waals surface area contributed by atoms with Crippen LogP contribution < -0.4 is 0 Å². The molecule has 1 amide bonds. The van der Waals surface area contributed by atoms with E-state index in [1.165, 1.54) is 6.07 Å². The Bertz CT molecular complexity index is 1070. The normalized spacial score (nSPS) is 19.0. The van der Waals surface area contributed by atoms with Crippen molar-refractivity contribution >= 4 is 5.91 Å². The summed E-state index contributed by atoms with van der Waals surface area (Å²) in [7, 11) is 3.51. The van der Waals surface area contributed by atoms with Crippen molar-refractivity contribution in [1.29, 1.82) is 0 Å². The first kappa shape index (κ1) is 22.1. The number of ether oxygens (including phenoxy) is 1. The maximum Gasteiger partial charge on any atom is 0.255 e. The first-order valence-corrected chi connectivity index (χ1v) is 10.8. The Balaban J connectivity index is 1.60. The number of carbonyl (C=O) groups is 1. The lowest BCUT2D eigenvalue weighted by molar-refractivity contribution is -0.169. The van der Waals surface area contributed by atoms with Crippen molar-refractivity contribution in [2.45, 2.75) is 18.6 Å². The minimum Gasteiger partial charge on any atom is -0.362 e. The second kappa shape index (κ2) is 9.59. The van der Waals surface area contributed by atoms with E-state index < -0.39 is 5.60 Å².